The first kappa shape index (κ1) is 13.2. The van der Waals surface area contributed by atoms with Crippen LogP contribution in [-0.4, -0.2) is 31.1 Å². The van der Waals surface area contributed by atoms with Crippen LogP contribution in [0.15, 0.2) is 12.1 Å². The number of hydrogen-bond donors (Lipinski definition) is 1. The number of anilines is 1. The quantitative estimate of drug-likeness (QED) is 0.820. The maximum atomic E-state index is 13.1. The summed E-state index contributed by atoms with van der Waals surface area (Å²) in [6, 6.07) is 2.19. The SMILES string of the molecule is CN1CCCC(Nc2cc(F)c(F)c(F)c2)CC1. The standard InChI is InChI=1S/C13H17F3N2/c1-18-5-2-3-9(4-6-18)17-10-7-11(14)13(16)12(15)8-10/h7-9,17H,2-6H2,1H3. The van der Waals surface area contributed by atoms with Gasteiger partial charge >= 0.3 is 0 Å². The number of nitrogens with zero attached hydrogens (tertiary/aromatic N) is 1. The first-order valence-corrected chi connectivity index (χ1v) is 6.16. The van der Waals surface area contributed by atoms with E-state index in [1.165, 1.54) is 0 Å². The average molecular weight is 258 g/mol. The van der Waals surface area contributed by atoms with Gasteiger partial charge in [0.05, 0.1) is 0 Å². The van der Waals surface area contributed by atoms with Crippen molar-refractivity contribution >= 4 is 5.69 Å². The third-order valence-corrected chi connectivity index (χ3v) is 3.31. The first-order valence-electron chi connectivity index (χ1n) is 6.16. The van der Waals surface area contributed by atoms with Crippen molar-refractivity contribution in [2.45, 2.75) is 25.3 Å². The Bertz CT molecular complexity index is 400. The fraction of sp³-hybridized carbons (Fsp3) is 0.538. The maximum absolute atomic E-state index is 13.1. The molecule has 1 aliphatic heterocycles. The van der Waals surface area contributed by atoms with Crippen LogP contribution >= 0.6 is 0 Å². The van der Waals surface area contributed by atoms with Gasteiger partial charge in [0, 0.05) is 23.9 Å². The summed E-state index contributed by atoms with van der Waals surface area (Å²) in [5, 5.41) is 3.08. The van der Waals surface area contributed by atoms with Crippen molar-refractivity contribution in [3.63, 3.8) is 0 Å². The van der Waals surface area contributed by atoms with Crippen molar-refractivity contribution in [1.82, 2.24) is 4.90 Å². The van der Waals surface area contributed by atoms with Crippen LogP contribution in [0.25, 0.3) is 0 Å². The lowest BCUT2D eigenvalue weighted by Crippen LogP contribution is -2.23. The molecule has 0 spiro atoms. The Balaban J connectivity index is 2.05. The topological polar surface area (TPSA) is 15.3 Å². The number of hydrogen-bond acceptors (Lipinski definition) is 2. The molecule has 1 aromatic rings. The minimum absolute atomic E-state index is 0.180. The van der Waals surface area contributed by atoms with Gasteiger partial charge in [0.25, 0.3) is 0 Å². The van der Waals surface area contributed by atoms with Crippen LogP contribution in [0.2, 0.25) is 0 Å². The second-order valence-corrected chi connectivity index (χ2v) is 4.83. The molecular weight excluding hydrogens is 241 g/mol. The monoisotopic (exact) mass is 258 g/mol. The average Bonchev–Trinajstić information content (AvgIpc) is 2.51. The van der Waals surface area contributed by atoms with E-state index < -0.39 is 17.5 Å². The molecular formula is C13H17F3N2. The van der Waals surface area contributed by atoms with E-state index >= 15 is 0 Å². The van der Waals surface area contributed by atoms with Crippen LogP contribution in [0.3, 0.4) is 0 Å². The van der Waals surface area contributed by atoms with Gasteiger partial charge in [-0.3, -0.25) is 0 Å². The van der Waals surface area contributed by atoms with Crippen molar-refractivity contribution < 1.29 is 13.2 Å². The number of nitrogens with one attached hydrogen (secondary N) is 1. The molecule has 2 nitrogen and oxygen atoms in total. The van der Waals surface area contributed by atoms with Gasteiger partial charge in [-0.25, -0.2) is 13.2 Å². The summed E-state index contributed by atoms with van der Waals surface area (Å²) in [6.07, 6.45) is 2.91. The largest absolute Gasteiger partial charge is 0.382 e. The Morgan fingerprint density at radius 3 is 2.44 bits per heavy atom. The fourth-order valence-electron chi connectivity index (χ4n) is 2.26. The smallest absolute Gasteiger partial charge is 0.194 e. The van der Waals surface area contributed by atoms with Crippen LogP contribution in [0.1, 0.15) is 19.3 Å². The number of likely N-dealkylation sites (tertiary alicyclic amines) is 1. The zero-order valence-electron chi connectivity index (χ0n) is 10.3. The molecule has 1 heterocycles. The molecule has 100 valence electrons. The molecule has 1 unspecified atom stereocenters. The summed E-state index contributed by atoms with van der Waals surface area (Å²) in [6.45, 7) is 1.98. The van der Waals surface area contributed by atoms with Crippen LogP contribution < -0.4 is 5.32 Å². The van der Waals surface area contributed by atoms with Crippen LogP contribution in [0, 0.1) is 17.5 Å². The Labute approximate surface area is 105 Å². The molecule has 18 heavy (non-hydrogen) atoms. The van der Waals surface area contributed by atoms with E-state index in [4.69, 9.17) is 0 Å². The second-order valence-electron chi connectivity index (χ2n) is 4.83. The minimum atomic E-state index is -1.42. The van der Waals surface area contributed by atoms with Gasteiger partial charge in [0.1, 0.15) is 0 Å². The summed E-state index contributed by atoms with van der Waals surface area (Å²) in [5.41, 5.74) is 0.306. The highest BCUT2D eigenvalue weighted by Gasteiger charge is 2.16. The Kier molecular flexibility index (Phi) is 4.11. The first-order chi connectivity index (χ1) is 8.56. The van der Waals surface area contributed by atoms with Gasteiger partial charge in [-0.2, -0.15) is 0 Å². The van der Waals surface area contributed by atoms with E-state index in [0.29, 0.717) is 5.69 Å². The second kappa shape index (κ2) is 5.61. The predicted molar refractivity (Wildman–Crippen MR) is 65.1 cm³/mol. The maximum Gasteiger partial charge on any atom is 0.194 e. The van der Waals surface area contributed by atoms with E-state index in [2.05, 4.69) is 17.3 Å². The van der Waals surface area contributed by atoms with E-state index in [1.54, 1.807) is 0 Å². The van der Waals surface area contributed by atoms with Gasteiger partial charge < -0.3 is 10.2 Å². The molecule has 1 atom stereocenters. The zero-order valence-corrected chi connectivity index (χ0v) is 10.3. The Hall–Kier alpha value is -1.23. The third kappa shape index (κ3) is 3.16. The predicted octanol–water partition coefficient (Wildman–Crippen LogP) is 3.00. The van der Waals surface area contributed by atoms with Crippen LogP contribution in [-0.2, 0) is 0 Å². The van der Waals surface area contributed by atoms with Crippen molar-refractivity contribution in [2.24, 2.45) is 0 Å². The zero-order chi connectivity index (χ0) is 13.1. The number of halogens is 3. The summed E-state index contributed by atoms with van der Waals surface area (Å²) in [4.78, 5) is 2.23. The minimum Gasteiger partial charge on any atom is -0.382 e. The fourth-order valence-corrected chi connectivity index (χ4v) is 2.26. The molecule has 1 aliphatic rings. The molecule has 1 aromatic carbocycles. The molecule has 0 aromatic heterocycles. The van der Waals surface area contributed by atoms with Gasteiger partial charge in [-0.15, -0.1) is 0 Å². The normalized spacial score (nSPS) is 21.7. The van der Waals surface area contributed by atoms with Crippen LogP contribution in [0.4, 0.5) is 18.9 Å². The van der Waals surface area contributed by atoms with E-state index in [-0.39, 0.29) is 6.04 Å². The molecule has 1 saturated heterocycles. The van der Waals surface area contributed by atoms with Gasteiger partial charge in [0.2, 0.25) is 0 Å². The molecule has 0 radical (unpaired) electrons. The Morgan fingerprint density at radius 2 is 1.78 bits per heavy atom. The Morgan fingerprint density at radius 1 is 1.11 bits per heavy atom. The molecule has 1 N–H and O–H groups in total. The summed E-state index contributed by atoms with van der Waals surface area (Å²) >= 11 is 0. The highest BCUT2D eigenvalue weighted by Crippen LogP contribution is 2.20. The van der Waals surface area contributed by atoms with Crippen molar-refractivity contribution in [3.05, 3.63) is 29.6 Å². The molecule has 0 saturated carbocycles. The molecule has 0 bridgehead atoms. The van der Waals surface area contributed by atoms with Crippen molar-refractivity contribution in [3.8, 4) is 0 Å². The molecule has 1 fully saturated rings. The van der Waals surface area contributed by atoms with Crippen molar-refractivity contribution in [2.75, 3.05) is 25.5 Å². The van der Waals surface area contributed by atoms with Gasteiger partial charge in [-0.05, 0) is 39.4 Å². The van der Waals surface area contributed by atoms with Gasteiger partial charge in [0.15, 0.2) is 17.5 Å². The highest BCUT2D eigenvalue weighted by molar-refractivity contribution is 5.45. The summed E-state index contributed by atoms with van der Waals surface area (Å²) < 4.78 is 39.0. The lowest BCUT2D eigenvalue weighted by molar-refractivity contribution is 0.348. The number of rotatable bonds is 2. The lowest BCUT2D eigenvalue weighted by atomic mass is 10.1. The highest BCUT2D eigenvalue weighted by atomic mass is 19.2. The van der Waals surface area contributed by atoms with E-state index in [1.807, 2.05) is 0 Å². The van der Waals surface area contributed by atoms with Crippen LogP contribution in [0.5, 0.6) is 0 Å². The third-order valence-electron chi connectivity index (χ3n) is 3.31. The molecule has 0 aliphatic carbocycles. The lowest BCUT2D eigenvalue weighted by Gasteiger charge is -2.18. The summed E-state index contributed by atoms with van der Waals surface area (Å²) in [5.74, 6) is -3.72. The number of benzene rings is 1. The van der Waals surface area contributed by atoms with Gasteiger partial charge in [-0.1, -0.05) is 0 Å². The molecule has 0 amide bonds. The van der Waals surface area contributed by atoms with Crippen molar-refractivity contribution in [1.29, 1.82) is 0 Å². The molecule has 5 heteroatoms. The molecule has 2 rings (SSSR count). The van der Waals surface area contributed by atoms with E-state index in [9.17, 15) is 13.2 Å². The summed E-state index contributed by atoms with van der Waals surface area (Å²) in [7, 11) is 2.06. The van der Waals surface area contributed by atoms with E-state index in [0.717, 1.165) is 44.5 Å².